The third-order valence-electron chi connectivity index (χ3n) is 1.76. The number of fused-ring (bicyclic) bond motifs is 3. The lowest BCUT2D eigenvalue weighted by Gasteiger charge is -1.88. The molecule has 1 aromatic heterocycles. The second-order valence-electron chi connectivity index (χ2n) is 2.51. The molecule has 0 saturated carbocycles. The quantitative estimate of drug-likeness (QED) is 0.504. The van der Waals surface area contributed by atoms with Crippen molar-refractivity contribution in [1.82, 2.24) is 0 Å². The maximum absolute atomic E-state index is 7.98. The highest BCUT2D eigenvalue weighted by Gasteiger charge is 2.01. The van der Waals surface area contributed by atoms with Crippen molar-refractivity contribution in [3.05, 3.63) is 48.3 Å². The molecule has 0 fully saturated rings. The Kier molecular flexibility index (Phi) is 0.559. The maximum atomic E-state index is 7.98. The topological polar surface area (TPSA) is 0 Å². The Morgan fingerprint density at radius 3 is 1.77 bits per heavy atom. The third kappa shape index (κ3) is 0.973. The summed E-state index contributed by atoms with van der Waals surface area (Å²) >= 11 is 0.967. The van der Waals surface area contributed by atoms with Gasteiger partial charge in [0.15, 0.2) is 0 Å². The van der Waals surface area contributed by atoms with E-state index in [2.05, 4.69) is 0 Å². The molecule has 0 bridgehead atoms. The molecule has 0 nitrogen and oxygen atoms in total. The van der Waals surface area contributed by atoms with E-state index in [9.17, 15) is 0 Å². The molecule has 0 aliphatic carbocycles. The van der Waals surface area contributed by atoms with Crippen LogP contribution in [-0.2, 0) is 0 Å². The zero-order valence-electron chi connectivity index (χ0n) is 14.4. The monoisotopic (exact) mass is 192 g/mol. The first-order valence-electron chi connectivity index (χ1n) is 7.66. The van der Waals surface area contributed by atoms with Crippen LogP contribution in [0, 0.1) is 0 Å². The van der Waals surface area contributed by atoms with Gasteiger partial charge in [-0.3, -0.25) is 0 Å². The first-order chi connectivity index (χ1) is 9.77. The summed E-state index contributed by atoms with van der Waals surface area (Å²) < 4.78 is 63.1. The first-order valence-corrected chi connectivity index (χ1v) is 4.47. The highest BCUT2D eigenvalue weighted by Crippen LogP contribution is 2.32. The van der Waals surface area contributed by atoms with Crippen LogP contribution in [0.5, 0.6) is 0 Å². The fraction of sp³-hybridized carbons (Fsp3) is 0. The molecule has 1 heteroatoms. The molecule has 0 atom stereocenters. The van der Waals surface area contributed by atoms with Gasteiger partial charge in [-0.15, -0.1) is 11.3 Å². The van der Waals surface area contributed by atoms with Gasteiger partial charge in [0.1, 0.15) is 0 Å². The van der Waals surface area contributed by atoms with Gasteiger partial charge < -0.3 is 0 Å². The summed E-state index contributed by atoms with van der Waals surface area (Å²) in [5, 5.41) is 0.320. The second-order valence-corrected chi connectivity index (χ2v) is 3.53. The summed E-state index contributed by atoms with van der Waals surface area (Å²) in [6, 6.07) is -2.53. The number of thiophene rings is 1. The van der Waals surface area contributed by atoms with Crippen LogP contribution >= 0.6 is 11.3 Å². The summed E-state index contributed by atoms with van der Waals surface area (Å²) in [5.41, 5.74) is 0. The van der Waals surface area contributed by atoms with Crippen LogP contribution in [0.1, 0.15) is 11.0 Å². The van der Waals surface area contributed by atoms with E-state index in [0.717, 1.165) is 11.3 Å². The lowest BCUT2D eigenvalue weighted by molar-refractivity contribution is 1.84. The van der Waals surface area contributed by atoms with Crippen LogP contribution in [0.2, 0.25) is 0 Å². The molecule has 0 amide bonds. The van der Waals surface area contributed by atoms with E-state index >= 15 is 0 Å². The van der Waals surface area contributed by atoms with E-state index < -0.39 is 12.1 Å². The Morgan fingerprint density at radius 1 is 0.769 bits per heavy atom. The SMILES string of the molecule is [2H]c1c([2H])c([2H])c2c(sc3c([2H])c([2H])c([2H])c([2H])c32)c1[2H]. The van der Waals surface area contributed by atoms with Crippen molar-refractivity contribution in [2.75, 3.05) is 0 Å². The molecule has 0 spiro atoms. The summed E-state index contributed by atoms with van der Waals surface area (Å²) in [4.78, 5) is 0. The Balaban J connectivity index is 2.73. The van der Waals surface area contributed by atoms with Crippen LogP contribution in [0.3, 0.4) is 0 Å². The van der Waals surface area contributed by atoms with Crippen LogP contribution in [0.4, 0.5) is 0 Å². The first kappa shape index (κ1) is 2.82. The third-order valence-corrected chi connectivity index (χ3v) is 2.78. The minimum atomic E-state index is -0.403. The lowest BCUT2D eigenvalue weighted by Crippen LogP contribution is -1.62. The van der Waals surface area contributed by atoms with Crippen molar-refractivity contribution in [3.63, 3.8) is 0 Å². The molecule has 62 valence electrons. The van der Waals surface area contributed by atoms with E-state index in [1.807, 2.05) is 0 Å². The van der Waals surface area contributed by atoms with Crippen LogP contribution in [0.15, 0.2) is 48.3 Å². The standard InChI is InChI=1S/C12H8S/c1-3-7-11-9(5-1)10-6-2-4-8-12(10)13-11/h1-8H/i1D,2D,3D,4D,5D,6D,7D,8D. The van der Waals surface area contributed by atoms with Gasteiger partial charge in [-0.1, -0.05) is 36.3 Å². The molecule has 3 aromatic rings. The van der Waals surface area contributed by atoms with E-state index in [0.29, 0.717) is 0 Å². The van der Waals surface area contributed by atoms with Gasteiger partial charge in [0.05, 0.1) is 11.0 Å². The summed E-state index contributed by atoms with van der Waals surface area (Å²) in [6.07, 6.45) is 0. The lowest BCUT2D eigenvalue weighted by atomic mass is 10.2. The average molecular weight is 192 g/mol. The van der Waals surface area contributed by atoms with Gasteiger partial charge in [0.25, 0.3) is 0 Å². The van der Waals surface area contributed by atoms with Gasteiger partial charge >= 0.3 is 0 Å². The van der Waals surface area contributed by atoms with Gasteiger partial charge in [-0.2, -0.15) is 0 Å². The highest BCUT2D eigenvalue weighted by atomic mass is 32.1. The Bertz CT molecular complexity index is 853. The number of hydrogen-bond donors (Lipinski definition) is 0. The summed E-state index contributed by atoms with van der Waals surface area (Å²) in [7, 11) is 0. The molecular formula is C12H8S. The van der Waals surface area contributed by atoms with E-state index in [4.69, 9.17) is 11.0 Å². The fourth-order valence-corrected chi connectivity index (χ4v) is 2.13. The largest absolute Gasteiger partial charge is 0.135 e. The smallest absolute Gasteiger partial charge is 0.0638 e. The number of hydrogen-bond acceptors (Lipinski definition) is 1. The Labute approximate surface area is 91.7 Å². The van der Waals surface area contributed by atoms with Gasteiger partial charge in [-0.05, 0) is 12.1 Å². The fourth-order valence-electron chi connectivity index (χ4n) is 1.21. The second kappa shape index (κ2) is 2.57. The molecular weight excluding hydrogens is 176 g/mol. The zero-order chi connectivity index (χ0) is 15.6. The summed E-state index contributed by atoms with van der Waals surface area (Å²) in [6.45, 7) is 0. The van der Waals surface area contributed by atoms with Gasteiger partial charge in [-0.25, -0.2) is 0 Å². The molecule has 1 heterocycles. The van der Waals surface area contributed by atoms with Crippen molar-refractivity contribution < 1.29 is 11.0 Å². The Hall–Kier alpha value is -1.34. The van der Waals surface area contributed by atoms with Crippen molar-refractivity contribution in [2.45, 2.75) is 0 Å². The van der Waals surface area contributed by atoms with Crippen LogP contribution in [0.25, 0.3) is 20.2 Å². The van der Waals surface area contributed by atoms with E-state index in [1.54, 1.807) is 0 Å². The molecule has 0 N–H and O–H groups in total. The molecule has 2 aromatic carbocycles. The minimum absolute atomic E-state index is 0.160. The van der Waals surface area contributed by atoms with Crippen LogP contribution in [-0.4, -0.2) is 0 Å². The van der Waals surface area contributed by atoms with E-state index in [1.165, 1.54) is 0 Å². The normalized spacial score (nSPS) is 19.7. The van der Waals surface area contributed by atoms with Gasteiger partial charge in [0.2, 0.25) is 0 Å². The van der Waals surface area contributed by atoms with Crippen molar-refractivity contribution in [1.29, 1.82) is 0 Å². The maximum Gasteiger partial charge on any atom is 0.0638 e. The minimum Gasteiger partial charge on any atom is -0.135 e. The number of rotatable bonds is 0. The van der Waals surface area contributed by atoms with Gasteiger partial charge in [0, 0.05) is 20.2 Å². The molecule has 0 aliphatic rings. The highest BCUT2D eigenvalue weighted by molar-refractivity contribution is 7.25. The van der Waals surface area contributed by atoms with Crippen molar-refractivity contribution in [2.24, 2.45) is 0 Å². The average Bonchev–Trinajstić information content (AvgIpc) is 2.87. The molecule has 3 rings (SSSR count). The zero-order valence-corrected chi connectivity index (χ0v) is 7.22. The molecule has 0 unspecified atom stereocenters. The predicted octanol–water partition coefficient (Wildman–Crippen LogP) is 4.05. The summed E-state index contributed by atoms with van der Waals surface area (Å²) in [5.74, 6) is 0. The number of benzene rings is 2. The molecule has 0 radical (unpaired) electrons. The van der Waals surface area contributed by atoms with E-state index in [-0.39, 0.29) is 56.4 Å². The molecule has 13 heavy (non-hydrogen) atoms. The Morgan fingerprint density at radius 2 is 1.23 bits per heavy atom. The molecule has 0 saturated heterocycles. The van der Waals surface area contributed by atoms with Crippen molar-refractivity contribution in [3.8, 4) is 0 Å². The molecule has 0 aliphatic heterocycles. The van der Waals surface area contributed by atoms with Crippen molar-refractivity contribution >= 4 is 31.5 Å². The van der Waals surface area contributed by atoms with Crippen LogP contribution < -0.4 is 0 Å². The predicted molar refractivity (Wildman–Crippen MR) is 59.3 cm³/mol.